The topological polar surface area (TPSA) is 58.4 Å². The van der Waals surface area contributed by atoms with Crippen molar-refractivity contribution in [3.63, 3.8) is 0 Å². The van der Waals surface area contributed by atoms with Crippen LogP contribution in [0, 0.1) is 0 Å². The summed E-state index contributed by atoms with van der Waals surface area (Å²) >= 11 is 12.0. The Hall–Kier alpha value is -2.45. The standard InChI is InChI=1S/C18H12Cl2F3N3O2/c19-9-4-5-12(10(8-9)18(21,22)23)26-14(16(27)28)6-7-25-13-3-1-2-11(20)15(13)24-17(25)26/h1-5,8,14H,6-7H2,(H,27,28). The first-order valence-corrected chi connectivity index (χ1v) is 8.97. The maximum atomic E-state index is 13.7. The first kappa shape index (κ1) is 18.9. The molecule has 1 aromatic heterocycles. The van der Waals surface area contributed by atoms with Crippen LogP contribution in [-0.4, -0.2) is 26.7 Å². The molecule has 2 heterocycles. The number of alkyl halides is 3. The third-order valence-corrected chi connectivity index (χ3v) is 5.21. The van der Waals surface area contributed by atoms with Crippen LogP contribution in [0.3, 0.4) is 0 Å². The van der Waals surface area contributed by atoms with Crippen molar-refractivity contribution in [2.24, 2.45) is 0 Å². The Morgan fingerprint density at radius 1 is 1.21 bits per heavy atom. The van der Waals surface area contributed by atoms with Crippen LogP contribution in [0.2, 0.25) is 10.0 Å². The molecule has 146 valence electrons. The van der Waals surface area contributed by atoms with E-state index in [4.69, 9.17) is 23.2 Å². The smallest absolute Gasteiger partial charge is 0.418 e. The SMILES string of the molecule is O=C(O)C1CCn2c(nc3c(Cl)cccc32)N1c1ccc(Cl)cc1C(F)(F)F. The summed E-state index contributed by atoms with van der Waals surface area (Å²) in [4.78, 5) is 17.3. The van der Waals surface area contributed by atoms with Crippen molar-refractivity contribution < 1.29 is 23.1 Å². The Bertz CT molecular complexity index is 1100. The van der Waals surface area contributed by atoms with Crippen molar-refractivity contribution in [3.8, 4) is 0 Å². The average Bonchev–Trinajstić information content (AvgIpc) is 3.00. The molecule has 1 aliphatic heterocycles. The number of carbonyl (C=O) groups is 1. The Balaban J connectivity index is 2.01. The molecular formula is C18H12Cl2F3N3O2. The van der Waals surface area contributed by atoms with Gasteiger partial charge in [0.25, 0.3) is 0 Å². The van der Waals surface area contributed by atoms with Crippen LogP contribution in [0.25, 0.3) is 11.0 Å². The van der Waals surface area contributed by atoms with Gasteiger partial charge in [-0.05, 0) is 36.8 Å². The van der Waals surface area contributed by atoms with Crippen LogP contribution in [0.15, 0.2) is 36.4 Å². The second kappa shape index (κ2) is 6.56. The van der Waals surface area contributed by atoms with Crippen LogP contribution in [0.5, 0.6) is 0 Å². The van der Waals surface area contributed by atoms with Gasteiger partial charge in [-0.25, -0.2) is 9.78 Å². The molecule has 0 amide bonds. The number of aliphatic carboxylic acids is 1. The minimum atomic E-state index is -4.73. The molecule has 1 aliphatic rings. The number of hydrogen-bond donors (Lipinski definition) is 1. The molecule has 0 aliphatic carbocycles. The third kappa shape index (κ3) is 2.97. The molecule has 28 heavy (non-hydrogen) atoms. The third-order valence-electron chi connectivity index (χ3n) is 4.67. The number of imidazole rings is 1. The van der Waals surface area contributed by atoms with Gasteiger partial charge in [0.05, 0.1) is 21.8 Å². The molecule has 2 aromatic carbocycles. The summed E-state index contributed by atoms with van der Waals surface area (Å²) in [6, 6.07) is 7.08. The minimum Gasteiger partial charge on any atom is -0.480 e. The molecule has 0 bridgehead atoms. The van der Waals surface area contributed by atoms with E-state index >= 15 is 0 Å². The quantitative estimate of drug-likeness (QED) is 0.595. The zero-order valence-electron chi connectivity index (χ0n) is 14.0. The van der Waals surface area contributed by atoms with Gasteiger partial charge in [-0.3, -0.25) is 4.90 Å². The highest BCUT2D eigenvalue weighted by Gasteiger charge is 2.41. The highest BCUT2D eigenvalue weighted by molar-refractivity contribution is 6.35. The predicted molar refractivity (Wildman–Crippen MR) is 99.4 cm³/mol. The van der Waals surface area contributed by atoms with E-state index in [2.05, 4.69) is 4.98 Å². The summed E-state index contributed by atoms with van der Waals surface area (Å²) in [6.07, 6.45) is -4.63. The minimum absolute atomic E-state index is 0.0922. The fourth-order valence-electron chi connectivity index (χ4n) is 3.48. The fraction of sp³-hybridized carbons (Fsp3) is 0.222. The van der Waals surface area contributed by atoms with E-state index in [-0.39, 0.29) is 29.6 Å². The van der Waals surface area contributed by atoms with Gasteiger partial charge in [-0.2, -0.15) is 13.2 Å². The number of carboxylic acids is 1. The van der Waals surface area contributed by atoms with E-state index in [1.54, 1.807) is 22.8 Å². The van der Waals surface area contributed by atoms with Crippen LogP contribution in [0.1, 0.15) is 12.0 Å². The number of rotatable bonds is 2. The number of benzene rings is 2. The van der Waals surface area contributed by atoms with Crippen molar-refractivity contribution in [1.82, 2.24) is 9.55 Å². The van der Waals surface area contributed by atoms with E-state index in [0.717, 1.165) is 17.0 Å². The van der Waals surface area contributed by atoms with Crippen molar-refractivity contribution in [2.75, 3.05) is 4.90 Å². The molecule has 3 aromatic rings. The maximum Gasteiger partial charge on any atom is 0.418 e. The molecule has 0 saturated carbocycles. The number of aromatic nitrogens is 2. The number of halogens is 5. The van der Waals surface area contributed by atoms with Gasteiger partial charge in [0.2, 0.25) is 5.95 Å². The number of nitrogens with zero attached hydrogens (tertiary/aromatic N) is 3. The van der Waals surface area contributed by atoms with Crippen molar-refractivity contribution in [3.05, 3.63) is 52.0 Å². The molecule has 5 nitrogen and oxygen atoms in total. The first-order valence-electron chi connectivity index (χ1n) is 8.22. The molecular weight excluding hydrogens is 418 g/mol. The molecule has 1 atom stereocenters. The van der Waals surface area contributed by atoms with Gasteiger partial charge in [0.1, 0.15) is 11.6 Å². The van der Waals surface area contributed by atoms with Crippen molar-refractivity contribution in [1.29, 1.82) is 0 Å². The zero-order chi connectivity index (χ0) is 20.2. The zero-order valence-corrected chi connectivity index (χ0v) is 15.6. The number of carboxylic acid groups (broad SMARTS) is 1. The fourth-order valence-corrected chi connectivity index (χ4v) is 3.86. The van der Waals surface area contributed by atoms with Gasteiger partial charge in [0, 0.05) is 11.6 Å². The largest absolute Gasteiger partial charge is 0.480 e. The summed E-state index contributed by atoms with van der Waals surface area (Å²) in [6.45, 7) is 0.286. The maximum absolute atomic E-state index is 13.7. The summed E-state index contributed by atoms with van der Waals surface area (Å²) in [5.74, 6) is -1.15. The number of anilines is 2. The van der Waals surface area contributed by atoms with Gasteiger partial charge < -0.3 is 9.67 Å². The Morgan fingerprint density at radius 3 is 2.64 bits per heavy atom. The normalized spacial score (nSPS) is 17.0. The number of fused-ring (bicyclic) bond motifs is 3. The van der Waals surface area contributed by atoms with E-state index in [1.807, 2.05) is 0 Å². The van der Waals surface area contributed by atoms with Crippen LogP contribution < -0.4 is 4.90 Å². The highest BCUT2D eigenvalue weighted by Crippen LogP contribution is 2.44. The summed E-state index contributed by atoms with van der Waals surface area (Å²) < 4.78 is 42.7. The Kier molecular flexibility index (Phi) is 4.43. The first-order chi connectivity index (χ1) is 13.2. The number of aryl methyl sites for hydroxylation is 1. The van der Waals surface area contributed by atoms with Gasteiger partial charge in [-0.1, -0.05) is 29.3 Å². The average molecular weight is 430 g/mol. The molecule has 4 rings (SSSR count). The lowest BCUT2D eigenvalue weighted by Gasteiger charge is -2.36. The second-order valence-corrected chi connectivity index (χ2v) is 7.19. The lowest BCUT2D eigenvalue weighted by atomic mass is 10.1. The summed E-state index contributed by atoms with van der Waals surface area (Å²) in [5, 5.41) is 9.89. The van der Waals surface area contributed by atoms with E-state index < -0.39 is 23.8 Å². The van der Waals surface area contributed by atoms with Gasteiger partial charge in [0.15, 0.2) is 0 Å². The summed E-state index contributed by atoms with van der Waals surface area (Å²) in [5.41, 5.74) is -0.328. The molecule has 1 N–H and O–H groups in total. The number of hydrogen-bond acceptors (Lipinski definition) is 3. The van der Waals surface area contributed by atoms with E-state index in [9.17, 15) is 23.1 Å². The van der Waals surface area contributed by atoms with Gasteiger partial charge >= 0.3 is 12.1 Å². The van der Waals surface area contributed by atoms with Crippen molar-refractivity contribution >= 4 is 51.8 Å². The van der Waals surface area contributed by atoms with Crippen LogP contribution >= 0.6 is 23.2 Å². The summed E-state index contributed by atoms with van der Waals surface area (Å²) in [7, 11) is 0. The predicted octanol–water partition coefficient (Wildman–Crippen LogP) is 5.36. The van der Waals surface area contributed by atoms with E-state index in [0.29, 0.717) is 16.1 Å². The molecule has 0 fully saturated rings. The van der Waals surface area contributed by atoms with Gasteiger partial charge in [-0.15, -0.1) is 0 Å². The molecule has 0 spiro atoms. The lowest BCUT2D eigenvalue weighted by Crippen LogP contribution is -2.44. The molecule has 10 heteroatoms. The van der Waals surface area contributed by atoms with Crippen molar-refractivity contribution in [2.45, 2.75) is 25.2 Å². The Labute approximate surface area is 166 Å². The van der Waals surface area contributed by atoms with E-state index in [1.165, 1.54) is 6.07 Å². The lowest BCUT2D eigenvalue weighted by molar-refractivity contribution is -0.140. The second-order valence-electron chi connectivity index (χ2n) is 6.34. The Morgan fingerprint density at radius 2 is 1.96 bits per heavy atom. The molecule has 0 saturated heterocycles. The van der Waals surface area contributed by atoms with Crippen LogP contribution in [-0.2, 0) is 17.5 Å². The number of para-hydroxylation sites is 1. The highest BCUT2D eigenvalue weighted by atomic mass is 35.5. The monoisotopic (exact) mass is 429 g/mol. The van der Waals surface area contributed by atoms with Crippen LogP contribution in [0.4, 0.5) is 24.8 Å². The molecule has 0 radical (unpaired) electrons. The molecule has 1 unspecified atom stereocenters.